The number of nitrogens with one attached hydrogen (secondary N) is 3. The average molecular weight is 336 g/mol. The second-order valence-corrected chi connectivity index (χ2v) is 5.61. The molecule has 0 spiro atoms. The molecule has 1 heterocycles. The Morgan fingerprint density at radius 3 is 3.08 bits per heavy atom. The molecule has 2 amide bonds. The molecule has 0 saturated heterocycles. The third-order valence-corrected chi connectivity index (χ3v) is 3.85. The number of urea groups is 1. The summed E-state index contributed by atoms with van der Waals surface area (Å²) in [5.74, 6) is 0.216. The minimum absolute atomic E-state index is 0.00393. The number of para-hydroxylation sites is 2. The number of aromatic nitrogens is 2. The van der Waals surface area contributed by atoms with E-state index in [1.54, 1.807) is 24.4 Å². The van der Waals surface area contributed by atoms with Gasteiger partial charge in [-0.2, -0.15) is 5.10 Å². The Bertz CT molecular complexity index is 705. The molecule has 0 radical (unpaired) electrons. The van der Waals surface area contributed by atoms with Crippen molar-refractivity contribution in [1.29, 1.82) is 0 Å². The number of anilines is 1. The number of carbonyl (C=O) groups is 1. The van der Waals surface area contributed by atoms with E-state index in [1.807, 2.05) is 0 Å². The maximum Gasteiger partial charge on any atom is 0.319 e. The number of ether oxygens (including phenoxy) is 1. The number of benzene rings is 1. The lowest BCUT2D eigenvalue weighted by Gasteiger charge is -2.23. The number of carbonyl (C=O) groups excluding carboxylic acids is 1. The summed E-state index contributed by atoms with van der Waals surface area (Å²) in [4.78, 5) is 12.2. The van der Waals surface area contributed by atoms with Crippen LogP contribution in [0.15, 0.2) is 30.5 Å². The molecule has 0 aliphatic heterocycles. The predicted molar refractivity (Wildman–Crippen MR) is 84.5 cm³/mol. The molecule has 8 heteroatoms. The van der Waals surface area contributed by atoms with Crippen molar-refractivity contribution in [3.05, 3.63) is 41.7 Å². The Balaban J connectivity index is 1.57. The fraction of sp³-hybridized carbons (Fsp3) is 0.375. The molecule has 3 N–H and O–H groups in total. The fourth-order valence-electron chi connectivity index (χ4n) is 2.73. The minimum Gasteiger partial charge on any atom is -0.485 e. The van der Waals surface area contributed by atoms with Gasteiger partial charge in [-0.1, -0.05) is 12.1 Å². The Kier molecular flexibility index (Phi) is 4.93. The summed E-state index contributed by atoms with van der Waals surface area (Å²) in [7, 11) is 0. The van der Waals surface area contributed by atoms with Gasteiger partial charge in [0, 0.05) is 11.7 Å². The molecule has 0 bridgehead atoms. The summed E-state index contributed by atoms with van der Waals surface area (Å²) in [6, 6.07) is 6.12. The highest BCUT2D eigenvalue weighted by atomic mass is 19.3. The molecular formula is C16H18F2N4O2. The largest absolute Gasteiger partial charge is 0.485 e. The van der Waals surface area contributed by atoms with Crippen LogP contribution >= 0.6 is 0 Å². The van der Waals surface area contributed by atoms with E-state index in [1.165, 1.54) is 6.07 Å². The highest BCUT2D eigenvalue weighted by molar-refractivity contribution is 5.91. The van der Waals surface area contributed by atoms with Crippen molar-refractivity contribution in [2.75, 3.05) is 11.9 Å². The van der Waals surface area contributed by atoms with Crippen molar-refractivity contribution in [1.82, 2.24) is 15.5 Å². The van der Waals surface area contributed by atoms with Gasteiger partial charge in [0.25, 0.3) is 6.43 Å². The van der Waals surface area contributed by atoms with E-state index in [9.17, 15) is 13.6 Å². The van der Waals surface area contributed by atoms with Crippen molar-refractivity contribution >= 4 is 11.7 Å². The smallest absolute Gasteiger partial charge is 0.319 e. The molecule has 1 atom stereocenters. The zero-order valence-corrected chi connectivity index (χ0v) is 12.9. The quantitative estimate of drug-likeness (QED) is 0.785. The topological polar surface area (TPSA) is 79.0 Å². The maximum absolute atomic E-state index is 12.3. The number of halogens is 2. The number of amides is 2. The molecule has 24 heavy (non-hydrogen) atoms. The Morgan fingerprint density at radius 1 is 1.42 bits per heavy atom. The van der Waals surface area contributed by atoms with Crippen LogP contribution in [-0.4, -0.2) is 35.3 Å². The Labute approximate surface area is 137 Å². The third-order valence-electron chi connectivity index (χ3n) is 3.85. The Hall–Kier alpha value is -2.64. The van der Waals surface area contributed by atoms with Crippen LogP contribution < -0.4 is 15.4 Å². The summed E-state index contributed by atoms with van der Waals surface area (Å²) in [6.45, 7) is -0.716. The average Bonchev–Trinajstić information content (AvgIpc) is 3.01. The number of aromatic amines is 1. The van der Waals surface area contributed by atoms with Crippen LogP contribution in [0, 0.1) is 0 Å². The number of H-pyrrole nitrogens is 1. The molecule has 128 valence electrons. The molecular weight excluding hydrogens is 318 g/mol. The van der Waals surface area contributed by atoms with E-state index in [2.05, 4.69) is 20.8 Å². The van der Waals surface area contributed by atoms with Crippen molar-refractivity contribution in [3.63, 3.8) is 0 Å². The van der Waals surface area contributed by atoms with Crippen LogP contribution in [0.4, 0.5) is 19.3 Å². The van der Waals surface area contributed by atoms with Gasteiger partial charge in [-0.05, 0) is 37.0 Å². The van der Waals surface area contributed by atoms with Gasteiger partial charge in [0.2, 0.25) is 0 Å². The molecule has 0 saturated carbocycles. The van der Waals surface area contributed by atoms with Gasteiger partial charge in [0.05, 0.1) is 11.9 Å². The molecule has 0 fully saturated rings. The summed E-state index contributed by atoms with van der Waals surface area (Å²) in [5, 5.41) is 12.5. The van der Waals surface area contributed by atoms with E-state index in [0.29, 0.717) is 12.1 Å². The number of fused-ring (bicyclic) bond motifs is 1. The predicted octanol–water partition coefficient (Wildman–Crippen LogP) is 2.73. The Morgan fingerprint density at radius 2 is 2.25 bits per heavy atom. The van der Waals surface area contributed by atoms with Gasteiger partial charge in [0.15, 0.2) is 0 Å². The van der Waals surface area contributed by atoms with Crippen LogP contribution in [0.1, 0.15) is 17.7 Å². The van der Waals surface area contributed by atoms with Crippen LogP contribution in [0.3, 0.4) is 0 Å². The molecule has 1 aromatic carbocycles. The summed E-state index contributed by atoms with van der Waals surface area (Å²) in [6.07, 6.45) is 1.55. The monoisotopic (exact) mass is 336 g/mol. The molecule has 1 aromatic heterocycles. The number of hydrogen-bond donors (Lipinski definition) is 3. The zero-order chi connectivity index (χ0) is 16.9. The van der Waals surface area contributed by atoms with Gasteiger partial charge >= 0.3 is 6.03 Å². The van der Waals surface area contributed by atoms with E-state index in [0.717, 1.165) is 24.1 Å². The van der Waals surface area contributed by atoms with E-state index < -0.39 is 13.0 Å². The number of aryl methyl sites for hydroxylation is 1. The number of rotatable bonds is 5. The van der Waals surface area contributed by atoms with Gasteiger partial charge in [0.1, 0.15) is 12.4 Å². The van der Waals surface area contributed by atoms with Crippen molar-refractivity contribution in [2.24, 2.45) is 0 Å². The fourth-order valence-corrected chi connectivity index (χ4v) is 2.73. The number of alkyl halides is 2. The van der Waals surface area contributed by atoms with Crippen LogP contribution in [-0.2, 0) is 12.8 Å². The molecule has 2 aromatic rings. The second kappa shape index (κ2) is 7.29. The molecule has 6 nitrogen and oxygen atoms in total. The van der Waals surface area contributed by atoms with Gasteiger partial charge in [-0.3, -0.25) is 5.10 Å². The summed E-state index contributed by atoms with van der Waals surface area (Å²) < 4.78 is 29.6. The van der Waals surface area contributed by atoms with Crippen LogP contribution in [0.25, 0.3) is 0 Å². The maximum atomic E-state index is 12.3. The highest BCUT2D eigenvalue weighted by Crippen LogP contribution is 2.24. The van der Waals surface area contributed by atoms with E-state index in [-0.39, 0.29) is 17.8 Å². The summed E-state index contributed by atoms with van der Waals surface area (Å²) in [5.41, 5.74) is 2.57. The first-order valence-electron chi connectivity index (χ1n) is 7.70. The normalized spacial score (nSPS) is 16.5. The second-order valence-electron chi connectivity index (χ2n) is 5.61. The minimum atomic E-state index is -2.57. The number of hydrogen-bond acceptors (Lipinski definition) is 3. The lowest BCUT2D eigenvalue weighted by molar-refractivity contribution is 0.0823. The molecule has 1 aliphatic carbocycles. The molecule has 1 aliphatic rings. The zero-order valence-electron chi connectivity index (χ0n) is 12.9. The van der Waals surface area contributed by atoms with Crippen molar-refractivity contribution < 1.29 is 18.3 Å². The highest BCUT2D eigenvalue weighted by Gasteiger charge is 2.21. The van der Waals surface area contributed by atoms with Gasteiger partial charge in [-0.15, -0.1) is 0 Å². The van der Waals surface area contributed by atoms with Crippen LogP contribution in [0.5, 0.6) is 5.75 Å². The van der Waals surface area contributed by atoms with E-state index in [4.69, 9.17) is 4.74 Å². The first-order chi connectivity index (χ1) is 11.6. The van der Waals surface area contributed by atoms with Gasteiger partial charge < -0.3 is 15.4 Å². The number of nitrogens with zero attached hydrogens (tertiary/aromatic N) is 1. The molecule has 0 unspecified atom stereocenters. The van der Waals surface area contributed by atoms with Crippen molar-refractivity contribution in [3.8, 4) is 5.75 Å². The van der Waals surface area contributed by atoms with Crippen LogP contribution in [0.2, 0.25) is 0 Å². The lowest BCUT2D eigenvalue weighted by Crippen LogP contribution is -2.41. The first kappa shape index (κ1) is 16.2. The van der Waals surface area contributed by atoms with E-state index >= 15 is 0 Å². The molecule has 3 rings (SSSR count). The SMILES string of the molecule is O=C(Nc1ccccc1OCC(F)F)N[C@@H]1CCc2[nH]ncc2C1. The third kappa shape index (κ3) is 4.01. The standard InChI is InChI=1S/C16H18F2N4O2/c17-15(18)9-24-14-4-2-1-3-13(14)21-16(23)20-11-5-6-12-10(7-11)8-19-22-12/h1-4,8,11,15H,5-7,9H2,(H,19,22)(H2,20,21,23)/t11-/m1/s1. The first-order valence-corrected chi connectivity index (χ1v) is 7.70. The van der Waals surface area contributed by atoms with Gasteiger partial charge in [-0.25, -0.2) is 13.6 Å². The lowest BCUT2D eigenvalue weighted by atomic mass is 9.94. The summed E-state index contributed by atoms with van der Waals surface area (Å²) >= 11 is 0. The van der Waals surface area contributed by atoms with Crippen molar-refractivity contribution in [2.45, 2.75) is 31.7 Å².